The molecule has 0 unspecified atom stereocenters. The Kier molecular flexibility index (Phi) is 5.58. The molecule has 0 aliphatic carbocycles. The van der Waals surface area contributed by atoms with Gasteiger partial charge in [0.15, 0.2) is 0 Å². The molecule has 1 N–H and O–H groups in total. The van der Waals surface area contributed by atoms with Crippen molar-refractivity contribution in [2.75, 3.05) is 0 Å². The molecule has 0 spiro atoms. The molecule has 0 aliphatic heterocycles. The smallest absolute Gasteiger partial charge is 0.140 e. The second-order valence-corrected chi connectivity index (χ2v) is 6.86. The Balaban J connectivity index is 2.15. The minimum Gasteiger partial charge on any atom is -0.376 e. The maximum atomic E-state index is 11.9. The molecule has 0 saturated heterocycles. The van der Waals surface area contributed by atoms with Crippen molar-refractivity contribution in [3.05, 3.63) is 106 Å². The summed E-state index contributed by atoms with van der Waals surface area (Å²) in [5.74, 6) is 0. The van der Waals surface area contributed by atoms with Gasteiger partial charge in [0, 0.05) is 0 Å². The van der Waals surface area contributed by atoms with Crippen LogP contribution in [0.5, 0.6) is 0 Å². The van der Waals surface area contributed by atoms with Crippen LogP contribution >= 0.6 is 0 Å². The van der Waals surface area contributed by atoms with Crippen molar-refractivity contribution in [2.45, 2.75) is 45.6 Å². The molecule has 0 saturated carbocycles. The summed E-state index contributed by atoms with van der Waals surface area (Å²) >= 11 is 0. The van der Waals surface area contributed by atoms with Crippen LogP contribution in [0.3, 0.4) is 0 Å². The zero-order valence-corrected chi connectivity index (χ0v) is 16.0. The van der Waals surface area contributed by atoms with Crippen LogP contribution in [0.2, 0.25) is 0 Å². The predicted molar refractivity (Wildman–Crippen MR) is 110 cm³/mol. The van der Waals surface area contributed by atoms with E-state index in [0.717, 1.165) is 36.0 Å². The summed E-state index contributed by atoms with van der Waals surface area (Å²) in [5.41, 5.74) is 5.40. The first kappa shape index (κ1) is 18.4. The van der Waals surface area contributed by atoms with Gasteiger partial charge in [0.2, 0.25) is 0 Å². The summed E-state index contributed by atoms with van der Waals surface area (Å²) in [6, 6.07) is 25.0. The van der Waals surface area contributed by atoms with E-state index in [1.807, 2.05) is 0 Å². The van der Waals surface area contributed by atoms with Crippen molar-refractivity contribution in [1.82, 2.24) is 0 Å². The van der Waals surface area contributed by atoms with Gasteiger partial charge < -0.3 is 5.11 Å². The summed E-state index contributed by atoms with van der Waals surface area (Å²) in [6.45, 7) is 6.44. The fourth-order valence-electron chi connectivity index (χ4n) is 3.44. The fourth-order valence-corrected chi connectivity index (χ4v) is 3.44. The predicted octanol–water partition coefficient (Wildman–Crippen LogP) is 5.66. The minimum absolute atomic E-state index is 0.906. The molecule has 0 aliphatic rings. The number of aryl methyl sites for hydroxylation is 3. The van der Waals surface area contributed by atoms with E-state index in [4.69, 9.17) is 0 Å². The van der Waals surface area contributed by atoms with E-state index in [-0.39, 0.29) is 0 Å². The second kappa shape index (κ2) is 7.88. The van der Waals surface area contributed by atoms with Crippen LogP contribution in [0.25, 0.3) is 0 Å². The molecular formula is C25H28O. The monoisotopic (exact) mass is 344 g/mol. The molecule has 3 aromatic rings. The lowest BCUT2D eigenvalue weighted by molar-refractivity contribution is 0.125. The summed E-state index contributed by atoms with van der Waals surface area (Å²) in [4.78, 5) is 0. The first-order chi connectivity index (χ1) is 12.6. The van der Waals surface area contributed by atoms with Crippen LogP contribution in [-0.4, -0.2) is 5.11 Å². The van der Waals surface area contributed by atoms with Crippen LogP contribution in [0.1, 0.15) is 54.2 Å². The van der Waals surface area contributed by atoms with E-state index in [0.29, 0.717) is 0 Å². The van der Waals surface area contributed by atoms with Gasteiger partial charge in [0.25, 0.3) is 0 Å². The van der Waals surface area contributed by atoms with Crippen LogP contribution in [0, 0.1) is 0 Å². The van der Waals surface area contributed by atoms with Crippen LogP contribution in [0.4, 0.5) is 0 Å². The van der Waals surface area contributed by atoms with E-state index in [1.54, 1.807) is 0 Å². The molecule has 0 bridgehead atoms. The normalized spacial score (nSPS) is 11.5. The number of hydrogen-bond acceptors (Lipinski definition) is 1. The summed E-state index contributed by atoms with van der Waals surface area (Å²) in [7, 11) is 0. The second-order valence-electron chi connectivity index (χ2n) is 6.86. The van der Waals surface area contributed by atoms with Crippen molar-refractivity contribution in [3.63, 3.8) is 0 Å². The Hall–Kier alpha value is -2.38. The molecule has 3 rings (SSSR count). The molecule has 26 heavy (non-hydrogen) atoms. The molecular weight excluding hydrogens is 316 g/mol. The summed E-state index contributed by atoms with van der Waals surface area (Å²) in [6.07, 6.45) is 2.99. The van der Waals surface area contributed by atoms with Crippen LogP contribution in [-0.2, 0) is 24.9 Å². The van der Waals surface area contributed by atoms with Crippen LogP contribution < -0.4 is 0 Å². The summed E-state index contributed by atoms with van der Waals surface area (Å²) < 4.78 is 0. The number of benzene rings is 3. The number of hydrogen-bond donors (Lipinski definition) is 1. The fraction of sp³-hybridized carbons (Fsp3) is 0.280. The average Bonchev–Trinajstić information content (AvgIpc) is 2.73. The van der Waals surface area contributed by atoms with Gasteiger partial charge in [0.1, 0.15) is 5.60 Å². The van der Waals surface area contributed by atoms with Crippen molar-refractivity contribution in [2.24, 2.45) is 0 Å². The maximum absolute atomic E-state index is 11.9. The molecule has 0 heterocycles. The quantitative estimate of drug-likeness (QED) is 0.572. The lowest BCUT2D eigenvalue weighted by Gasteiger charge is -2.30. The van der Waals surface area contributed by atoms with Gasteiger partial charge in [-0.2, -0.15) is 0 Å². The van der Waals surface area contributed by atoms with Gasteiger partial charge in [0.05, 0.1) is 0 Å². The molecule has 1 nitrogen and oxygen atoms in total. The Labute approximate surface area is 157 Å². The molecule has 0 atom stereocenters. The SMILES string of the molecule is CCc1ccc(C(O)(c2ccc(CC)cc2)c2ccc(CC)cc2)cc1. The largest absolute Gasteiger partial charge is 0.376 e. The van der Waals surface area contributed by atoms with Gasteiger partial charge >= 0.3 is 0 Å². The van der Waals surface area contributed by atoms with Crippen molar-refractivity contribution in [3.8, 4) is 0 Å². The first-order valence-electron chi connectivity index (χ1n) is 9.62. The Bertz CT molecular complexity index is 711. The van der Waals surface area contributed by atoms with E-state index in [2.05, 4.69) is 93.6 Å². The highest BCUT2D eigenvalue weighted by atomic mass is 16.3. The number of rotatable bonds is 6. The Morgan fingerprint density at radius 1 is 0.500 bits per heavy atom. The molecule has 134 valence electrons. The van der Waals surface area contributed by atoms with Crippen LogP contribution in [0.15, 0.2) is 72.8 Å². The third kappa shape index (κ3) is 3.45. The number of aliphatic hydroxyl groups is 1. The van der Waals surface area contributed by atoms with Gasteiger partial charge in [-0.15, -0.1) is 0 Å². The summed E-state index contributed by atoms with van der Waals surface area (Å²) in [5, 5.41) is 11.9. The molecule has 0 amide bonds. The maximum Gasteiger partial charge on any atom is 0.140 e. The zero-order valence-electron chi connectivity index (χ0n) is 16.0. The molecule has 3 aromatic carbocycles. The van der Waals surface area contributed by atoms with Gasteiger partial charge in [-0.3, -0.25) is 0 Å². The lowest BCUT2D eigenvalue weighted by Crippen LogP contribution is -2.29. The molecule has 1 heteroatoms. The van der Waals surface area contributed by atoms with Gasteiger partial charge in [-0.05, 0) is 52.6 Å². The third-order valence-corrected chi connectivity index (χ3v) is 5.34. The highest BCUT2D eigenvalue weighted by Crippen LogP contribution is 2.37. The van der Waals surface area contributed by atoms with Gasteiger partial charge in [-0.25, -0.2) is 0 Å². The highest BCUT2D eigenvalue weighted by molar-refractivity contribution is 5.48. The molecule has 0 fully saturated rings. The lowest BCUT2D eigenvalue weighted by atomic mass is 9.79. The minimum atomic E-state index is -1.15. The van der Waals surface area contributed by atoms with E-state index in [9.17, 15) is 5.11 Å². The van der Waals surface area contributed by atoms with E-state index in [1.165, 1.54) is 16.7 Å². The third-order valence-electron chi connectivity index (χ3n) is 5.34. The molecule has 0 aromatic heterocycles. The van der Waals surface area contributed by atoms with E-state index >= 15 is 0 Å². The van der Waals surface area contributed by atoms with Crippen molar-refractivity contribution >= 4 is 0 Å². The van der Waals surface area contributed by atoms with Crippen molar-refractivity contribution in [1.29, 1.82) is 0 Å². The first-order valence-corrected chi connectivity index (χ1v) is 9.62. The average molecular weight is 344 g/mol. The standard InChI is InChI=1S/C25H28O/c1-4-19-7-13-22(14-8-19)25(26,23-15-9-20(5-2)10-16-23)24-17-11-21(6-3)12-18-24/h7-18,26H,4-6H2,1-3H3. The Morgan fingerprint density at radius 3 is 0.923 bits per heavy atom. The highest BCUT2D eigenvalue weighted by Gasteiger charge is 2.33. The zero-order chi connectivity index (χ0) is 18.6. The topological polar surface area (TPSA) is 20.2 Å². The molecule has 0 radical (unpaired) electrons. The van der Waals surface area contributed by atoms with Crippen molar-refractivity contribution < 1.29 is 5.11 Å². The van der Waals surface area contributed by atoms with Gasteiger partial charge in [-0.1, -0.05) is 93.6 Å². The van der Waals surface area contributed by atoms with E-state index < -0.39 is 5.60 Å². The Morgan fingerprint density at radius 2 is 0.731 bits per heavy atom.